The van der Waals surface area contributed by atoms with Crippen LogP contribution in [0.2, 0.25) is 0 Å². The minimum absolute atomic E-state index is 0.00423. The van der Waals surface area contributed by atoms with Crippen LogP contribution in [0.1, 0.15) is 13.8 Å². The van der Waals surface area contributed by atoms with Gasteiger partial charge in [0.1, 0.15) is 5.75 Å². The van der Waals surface area contributed by atoms with Crippen molar-refractivity contribution in [2.45, 2.75) is 13.8 Å². The van der Waals surface area contributed by atoms with Crippen molar-refractivity contribution in [1.29, 1.82) is 0 Å². The number of carbonyl (C=O) groups excluding carboxylic acids is 2. The Labute approximate surface area is 131 Å². The topological polar surface area (TPSA) is 63.1 Å². The number of carbonyl (C=O) groups is 2. The molecule has 1 aliphatic heterocycles. The Hall–Kier alpha value is -2.08. The molecular formula is C16H24N3O3+. The Balaban J connectivity index is 1.77. The van der Waals surface area contributed by atoms with Crippen LogP contribution in [-0.2, 0) is 9.59 Å². The Morgan fingerprint density at radius 3 is 2.41 bits per heavy atom. The molecule has 0 radical (unpaired) electrons. The first-order chi connectivity index (χ1) is 10.6. The van der Waals surface area contributed by atoms with Crippen molar-refractivity contribution < 1.29 is 19.2 Å². The van der Waals surface area contributed by atoms with Gasteiger partial charge in [0.05, 0.1) is 32.8 Å². The monoisotopic (exact) mass is 306 g/mol. The Morgan fingerprint density at radius 1 is 1.23 bits per heavy atom. The smallest absolute Gasteiger partial charge is 0.279 e. The molecule has 0 aliphatic carbocycles. The fraction of sp³-hybridized carbons (Fsp3) is 0.500. The zero-order valence-corrected chi connectivity index (χ0v) is 13.2. The van der Waals surface area contributed by atoms with Gasteiger partial charge in [-0.2, -0.15) is 0 Å². The molecule has 0 unspecified atom stereocenters. The number of piperazine rings is 1. The third kappa shape index (κ3) is 4.73. The van der Waals surface area contributed by atoms with E-state index >= 15 is 0 Å². The summed E-state index contributed by atoms with van der Waals surface area (Å²) in [4.78, 5) is 26.4. The quantitative estimate of drug-likeness (QED) is 0.790. The van der Waals surface area contributed by atoms with E-state index in [1.807, 2.05) is 36.1 Å². The van der Waals surface area contributed by atoms with Gasteiger partial charge in [0, 0.05) is 12.6 Å². The van der Waals surface area contributed by atoms with Gasteiger partial charge < -0.3 is 19.9 Å². The van der Waals surface area contributed by atoms with Crippen molar-refractivity contribution in [1.82, 2.24) is 4.90 Å². The molecule has 22 heavy (non-hydrogen) atoms. The molecular weight excluding hydrogens is 282 g/mol. The van der Waals surface area contributed by atoms with Crippen LogP contribution in [0.25, 0.3) is 0 Å². The normalized spacial score (nSPS) is 15.5. The van der Waals surface area contributed by atoms with Gasteiger partial charge in [-0.3, -0.25) is 9.59 Å². The predicted octanol–water partition coefficient (Wildman–Crippen LogP) is -0.229. The number of hydrogen-bond acceptors (Lipinski definition) is 3. The van der Waals surface area contributed by atoms with Crippen LogP contribution in [0.15, 0.2) is 24.3 Å². The number of benzene rings is 1. The maximum atomic E-state index is 12.1. The number of nitrogens with one attached hydrogen (secondary N) is 2. The molecule has 2 amide bonds. The highest BCUT2D eigenvalue weighted by atomic mass is 16.5. The highest BCUT2D eigenvalue weighted by molar-refractivity contribution is 5.91. The van der Waals surface area contributed by atoms with Crippen LogP contribution in [0.5, 0.6) is 5.75 Å². The van der Waals surface area contributed by atoms with E-state index in [1.54, 1.807) is 6.92 Å². The Bertz CT molecular complexity index is 508. The SMILES string of the molecule is CCOc1ccc(NC(=O)C[NH+]2CCN(C(C)=O)CC2)cc1. The summed E-state index contributed by atoms with van der Waals surface area (Å²) in [5, 5.41) is 2.90. The fourth-order valence-corrected chi connectivity index (χ4v) is 2.55. The second-order valence-corrected chi connectivity index (χ2v) is 5.44. The average Bonchev–Trinajstić information content (AvgIpc) is 2.50. The molecule has 0 bridgehead atoms. The number of amides is 2. The van der Waals surface area contributed by atoms with Gasteiger partial charge in [-0.25, -0.2) is 0 Å². The average molecular weight is 306 g/mol. The summed E-state index contributed by atoms with van der Waals surface area (Å²) in [6, 6.07) is 7.37. The fourth-order valence-electron chi connectivity index (χ4n) is 2.55. The van der Waals surface area contributed by atoms with E-state index in [9.17, 15) is 9.59 Å². The van der Waals surface area contributed by atoms with E-state index in [1.165, 1.54) is 4.90 Å². The summed E-state index contributed by atoms with van der Waals surface area (Å²) < 4.78 is 5.37. The van der Waals surface area contributed by atoms with Crippen molar-refractivity contribution in [2.24, 2.45) is 0 Å². The maximum Gasteiger partial charge on any atom is 0.279 e. The second kappa shape index (κ2) is 7.79. The number of ether oxygens (including phenoxy) is 1. The summed E-state index contributed by atoms with van der Waals surface area (Å²) in [7, 11) is 0. The first kappa shape index (κ1) is 16.3. The lowest BCUT2D eigenvalue weighted by molar-refractivity contribution is -0.895. The third-order valence-corrected chi connectivity index (χ3v) is 3.78. The number of nitrogens with zero attached hydrogens (tertiary/aromatic N) is 1. The van der Waals surface area contributed by atoms with Crippen molar-refractivity contribution in [3.05, 3.63) is 24.3 Å². The van der Waals surface area contributed by atoms with E-state index in [0.29, 0.717) is 13.2 Å². The van der Waals surface area contributed by atoms with Crippen molar-refractivity contribution in [3.8, 4) is 5.75 Å². The van der Waals surface area contributed by atoms with Gasteiger partial charge in [-0.05, 0) is 31.2 Å². The summed E-state index contributed by atoms with van der Waals surface area (Å²) in [5.41, 5.74) is 0.773. The second-order valence-electron chi connectivity index (χ2n) is 5.44. The van der Waals surface area contributed by atoms with E-state index in [-0.39, 0.29) is 11.8 Å². The maximum absolute atomic E-state index is 12.1. The molecule has 2 N–H and O–H groups in total. The van der Waals surface area contributed by atoms with Gasteiger partial charge in [0.15, 0.2) is 6.54 Å². The minimum atomic E-state index is -0.00423. The molecule has 1 heterocycles. The number of quaternary nitrogens is 1. The molecule has 6 heteroatoms. The molecule has 6 nitrogen and oxygen atoms in total. The predicted molar refractivity (Wildman–Crippen MR) is 84.1 cm³/mol. The van der Waals surface area contributed by atoms with E-state index < -0.39 is 0 Å². The van der Waals surface area contributed by atoms with Gasteiger partial charge >= 0.3 is 0 Å². The molecule has 1 saturated heterocycles. The van der Waals surface area contributed by atoms with Crippen LogP contribution >= 0.6 is 0 Å². The standard InChI is InChI=1S/C16H23N3O3/c1-3-22-15-6-4-14(5-7-15)17-16(21)12-18-8-10-19(11-9-18)13(2)20/h4-7H,3,8-12H2,1-2H3,(H,17,21)/p+1. The van der Waals surface area contributed by atoms with Gasteiger partial charge in [0.25, 0.3) is 5.91 Å². The van der Waals surface area contributed by atoms with Crippen LogP contribution in [-0.4, -0.2) is 56.0 Å². The summed E-state index contributed by atoms with van der Waals surface area (Å²) in [5.74, 6) is 0.903. The molecule has 1 aliphatic rings. The Kier molecular flexibility index (Phi) is 5.77. The van der Waals surface area contributed by atoms with Gasteiger partial charge in [-0.1, -0.05) is 0 Å². The van der Waals surface area contributed by atoms with E-state index in [2.05, 4.69) is 5.32 Å². The first-order valence-electron chi connectivity index (χ1n) is 7.70. The highest BCUT2D eigenvalue weighted by Gasteiger charge is 2.23. The van der Waals surface area contributed by atoms with Gasteiger partial charge in [-0.15, -0.1) is 0 Å². The number of anilines is 1. The zero-order valence-electron chi connectivity index (χ0n) is 13.2. The summed E-state index contributed by atoms with van der Waals surface area (Å²) in [6.45, 7) is 7.66. The molecule has 120 valence electrons. The number of hydrogen-bond donors (Lipinski definition) is 2. The van der Waals surface area contributed by atoms with Crippen LogP contribution < -0.4 is 15.0 Å². The Morgan fingerprint density at radius 2 is 1.86 bits per heavy atom. The number of rotatable bonds is 5. The minimum Gasteiger partial charge on any atom is -0.494 e. The lowest BCUT2D eigenvalue weighted by Gasteiger charge is -2.31. The molecule has 1 fully saturated rings. The molecule has 2 rings (SSSR count). The lowest BCUT2D eigenvalue weighted by Crippen LogP contribution is -3.15. The molecule has 1 aromatic carbocycles. The molecule has 0 atom stereocenters. The highest BCUT2D eigenvalue weighted by Crippen LogP contribution is 2.15. The largest absolute Gasteiger partial charge is 0.494 e. The van der Waals surface area contributed by atoms with Crippen molar-refractivity contribution in [2.75, 3.05) is 44.6 Å². The zero-order chi connectivity index (χ0) is 15.9. The lowest BCUT2D eigenvalue weighted by atomic mass is 10.3. The molecule has 0 aromatic heterocycles. The molecule has 0 spiro atoms. The summed E-state index contributed by atoms with van der Waals surface area (Å²) in [6.07, 6.45) is 0. The van der Waals surface area contributed by atoms with Crippen LogP contribution in [0.4, 0.5) is 5.69 Å². The van der Waals surface area contributed by atoms with Crippen LogP contribution in [0, 0.1) is 0 Å². The van der Waals surface area contributed by atoms with E-state index in [4.69, 9.17) is 4.74 Å². The summed E-state index contributed by atoms with van der Waals surface area (Å²) >= 11 is 0. The van der Waals surface area contributed by atoms with Gasteiger partial charge in [0.2, 0.25) is 5.91 Å². The van der Waals surface area contributed by atoms with Crippen molar-refractivity contribution >= 4 is 17.5 Å². The van der Waals surface area contributed by atoms with Crippen molar-refractivity contribution in [3.63, 3.8) is 0 Å². The molecule has 0 saturated carbocycles. The first-order valence-corrected chi connectivity index (χ1v) is 7.70. The molecule has 1 aromatic rings. The van der Waals surface area contributed by atoms with Crippen LogP contribution in [0.3, 0.4) is 0 Å². The van der Waals surface area contributed by atoms with E-state index in [0.717, 1.165) is 37.6 Å². The third-order valence-electron chi connectivity index (χ3n) is 3.78.